The van der Waals surface area contributed by atoms with E-state index in [-0.39, 0.29) is 18.7 Å². The number of amides is 1. The molecule has 16 heavy (non-hydrogen) atoms. The fourth-order valence-electron chi connectivity index (χ4n) is 1.65. The number of anilines is 1. The minimum absolute atomic E-state index is 0.0531. The fraction of sp³-hybridized carbons (Fsp3) is 0.364. The van der Waals surface area contributed by atoms with Gasteiger partial charge in [0, 0.05) is 7.05 Å². The monoisotopic (exact) mass is 221 g/mol. The zero-order chi connectivity index (χ0) is 11.7. The number of rotatable bonds is 2. The Balaban J connectivity index is 2.40. The van der Waals surface area contributed by atoms with Crippen LogP contribution in [0.5, 0.6) is 5.75 Å². The highest BCUT2D eigenvalue weighted by atomic mass is 16.5. The smallest absolute Gasteiger partial charge is 0.264 e. The molecule has 1 aliphatic heterocycles. The molecule has 1 atom stereocenters. The third-order valence-electron chi connectivity index (χ3n) is 2.74. The first-order chi connectivity index (χ1) is 7.63. The number of hydrogen-bond acceptors (Lipinski definition) is 4. The summed E-state index contributed by atoms with van der Waals surface area (Å²) >= 11 is 0. The lowest BCUT2D eigenvalue weighted by Crippen LogP contribution is -2.35. The van der Waals surface area contributed by atoms with Crippen LogP contribution in [-0.4, -0.2) is 26.6 Å². The van der Waals surface area contributed by atoms with Crippen molar-refractivity contribution in [3.63, 3.8) is 0 Å². The van der Waals surface area contributed by atoms with E-state index in [1.54, 1.807) is 19.0 Å². The van der Waals surface area contributed by atoms with Gasteiger partial charge in [-0.2, -0.15) is 0 Å². The summed E-state index contributed by atoms with van der Waals surface area (Å²) in [6.45, 7) is 0.0981. The Kier molecular flexibility index (Phi) is 2.80. The number of likely N-dealkylation sites (N-methyl/N-ethyl adjacent to an activating group) is 1. The molecule has 0 fully saturated rings. The minimum Gasteiger partial charge on any atom is -0.482 e. The van der Waals surface area contributed by atoms with Gasteiger partial charge in [-0.3, -0.25) is 4.79 Å². The Morgan fingerprint density at radius 1 is 1.56 bits per heavy atom. The van der Waals surface area contributed by atoms with Crippen molar-refractivity contribution >= 4 is 11.6 Å². The summed E-state index contributed by atoms with van der Waals surface area (Å²) in [7, 11) is 3.52. The molecule has 0 saturated carbocycles. The number of benzene rings is 1. The lowest BCUT2D eigenvalue weighted by Gasteiger charge is -2.27. The van der Waals surface area contributed by atoms with Crippen LogP contribution in [0.25, 0.3) is 0 Å². The second-order valence-electron chi connectivity index (χ2n) is 3.73. The van der Waals surface area contributed by atoms with Gasteiger partial charge in [0.1, 0.15) is 5.75 Å². The second kappa shape index (κ2) is 4.11. The van der Waals surface area contributed by atoms with Gasteiger partial charge in [0.15, 0.2) is 6.61 Å². The van der Waals surface area contributed by atoms with Crippen molar-refractivity contribution in [2.45, 2.75) is 6.17 Å². The normalized spacial score (nSPS) is 16.7. The zero-order valence-corrected chi connectivity index (χ0v) is 9.36. The largest absolute Gasteiger partial charge is 0.482 e. The van der Waals surface area contributed by atoms with Crippen molar-refractivity contribution < 1.29 is 9.53 Å². The van der Waals surface area contributed by atoms with Gasteiger partial charge in [0.2, 0.25) is 0 Å². The summed E-state index contributed by atoms with van der Waals surface area (Å²) < 4.78 is 5.32. The highest BCUT2D eigenvalue weighted by molar-refractivity contribution is 5.97. The summed E-state index contributed by atoms with van der Waals surface area (Å²) in [4.78, 5) is 13.0. The molecule has 0 aliphatic carbocycles. The molecule has 1 aromatic carbocycles. The second-order valence-corrected chi connectivity index (χ2v) is 3.73. The van der Waals surface area contributed by atoms with Crippen LogP contribution in [0, 0.1) is 0 Å². The molecule has 5 nitrogen and oxygen atoms in total. The van der Waals surface area contributed by atoms with Gasteiger partial charge in [-0.05, 0) is 24.7 Å². The lowest BCUT2D eigenvalue weighted by molar-refractivity contribution is -0.120. The maximum atomic E-state index is 11.5. The Morgan fingerprint density at radius 2 is 2.31 bits per heavy atom. The molecular formula is C11H15N3O2. The average Bonchev–Trinajstić information content (AvgIpc) is 2.32. The fourth-order valence-corrected chi connectivity index (χ4v) is 1.65. The van der Waals surface area contributed by atoms with E-state index in [0.717, 1.165) is 11.3 Å². The minimum atomic E-state index is -0.240. The molecule has 1 aliphatic rings. The quantitative estimate of drug-likeness (QED) is 0.701. The topological polar surface area (TPSA) is 67.6 Å². The van der Waals surface area contributed by atoms with Gasteiger partial charge in [0.25, 0.3) is 5.91 Å². The molecule has 0 radical (unpaired) electrons. The molecule has 5 heteroatoms. The van der Waals surface area contributed by atoms with E-state index < -0.39 is 0 Å². The molecule has 0 saturated heterocycles. The van der Waals surface area contributed by atoms with E-state index >= 15 is 0 Å². The third kappa shape index (κ3) is 1.75. The number of hydrogen-bond donors (Lipinski definition) is 2. The van der Waals surface area contributed by atoms with Crippen LogP contribution in [-0.2, 0) is 4.79 Å². The predicted molar refractivity (Wildman–Crippen MR) is 61.3 cm³/mol. The summed E-state index contributed by atoms with van der Waals surface area (Å²) in [6.07, 6.45) is -0.240. The standard InChI is InChI=1S/C11H15N3O2/c1-13-11(12)7-3-4-9-8(5-7)14(2)10(15)6-16-9/h3-5,11,13H,6,12H2,1-2H3. The van der Waals surface area contributed by atoms with Crippen LogP contribution in [0.3, 0.4) is 0 Å². The van der Waals surface area contributed by atoms with Gasteiger partial charge in [-0.25, -0.2) is 0 Å². The lowest BCUT2D eigenvalue weighted by atomic mass is 10.1. The molecule has 86 valence electrons. The van der Waals surface area contributed by atoms with Crippen molar-refractivity contribution in [2.24, 2.45) is 5.73 Å². The Labute approximate surface area is 94.2 Å². The molecule has 3 N–H and O–H groups in total. The molecule has 0 spiro atoms. The number of carbonyl (C=O) groups is 1. The molecular weight excluding hydrogens is 206 g/mol. The summed E-state index contributed by atoms with van der Waals surface area (Å²) in [5.41, 5.74) is 7.54. The van der Waals surface area contributed by atoms with E-state index in [1.807, 2.05) is 18.2 Å². The van der Waals surface area contributed by atoms with Gasteiger partial charge in [-0.15, -0.1) is 0 Å². The van der Waals surface area contributed by atoms with E-state index in [1.165, 1.54) is 0 Å². The Hall–Kier alpha value is -1.59. The highest BCUT2D eigenvalue weighted by Gasteiger charge is 2.22. The number of ether oxygens (including phenoxy) is 1. The predicted octanol–water partition coefficient (Wildman–Crippen LogP) is 0.218. The van der Waals surface area contributed by atoms with E-state index in [9.17, 15) is 4.79 Å². The number of nitrogens with two attached hydrogens (primary N) is 1. The molecule has 1 amide bonds. The molecule has 1 unspecified atom stereocenters. The van der Waals surface area contributed by atoms with E-state index in [2.05, 4.69) is 5.32 Å². The number of carbonyl (C=O) groups excluding carboxylic acids is 1. The third-order valence-corrected chi connectivity index (χ3v) is 2.74. The highest BCUT2D eigenvalue weighted by Crippen LogP contribution is 2.32. The van der Waals surface area contributed by atoms with Gasteiger partial charge in [-0.1, -0.05) is 6.07 Å². The first kappa shape index (κ1) is 10.9. The van der Waals surface area contributed by atoms with Crippen LogP contribution in [0.2, 0.25) is 0 Å². The van der Waals surface area contributed by atoms with E-state index in [0.29, 0.717) is 5.75 Å². The number of nitrogens with one attached hydrogen (secondary N) is 1. The number of fused-ring (bicyclic) bond motifs is 1. The van der Waals surface area contributed by atoms with Crippen molar-refractivity contribution in [3.05, 3.63) is 23.8 Å². The van der Waals surface area contributed by atoms with Gasteiger partial charge in [0.05, 0.1) is 11.9 Å². The maximum absolute atomic E-state index is 11.5. The SMILES string of the molecule is CNC(N)c1ccc2c(c1)N(C)C(=O)CO2. The first-order valence-corrected chi connectivity index (χ1v) is 5.09. The van der Waals surface area contributed by atoms with Crippen LogP contribution in [0.15, 0.2) is 18.2 Å². The van der Waals surface area contributed by atoms with Crippen molar-refractivity contribution in [1.29, 1.82) is 0 Å². The zero-order valence-electron chi connectivity index (χ0n) is 9.36. The Bertz CT molecular complexity index is 420. The molecule has 2 rings (SSSR count). The van der Waals surface area contributed by atoms with Crippen molar-refractivity contribution in [2.75, 3.05) is 25.6 Å². The molecule has 1 aromatic rings. The van der Waals surface area contributed by atoms with Gasteiger partial charge >= 0.3 is 0 Å². The maximum Gasteiger partial charge on any atom is 0.264 e. The average molecular weight is 221 g/mol. The first-order valence-electron chi connectivity index (χ1n) is 5.09. The van der Waals surface area contributed by atoms with Crippen LogP contribution in [0.4, 0.5) is 5.69 Å². The molecule has 0 aromatic heterocycles. The van der Waals surface area contributed by atoms with Crippen LogP contribution in [0.1, 0.15) is 11.7 Å². The van der Waals surface area contributed by atoms with Crippen LogP contribution >= 0.6 is 0 Å². The van der Waals surface area contributed by atoms with Crippen LogP contribution < -0.4 is 20.7 Å². The number of nitrogens with zero attached hydrogens (tertiary/aromatic N) is 1. The van der Waals surface area contributed by atoms with E-state index in [4.69, 9.17) is 10.5 Å². The molecule has 1 heterocycles. The summed E-state index contributed by atoms with van der Waals surface area (Å²) in [5, 5.41) is 2.95. The summed E-state index contributed by atoms with van der Waals surface area (Å²) in [6, 6.07) is 5.60. The van der Waals surface area contributed by atoms with Crippen molar-refractivity contribution in [3.8, 4) is 5.75 Å². The summed E-state index contributed by atoms with van der Waals surface area (Å²) in [5.74, 6) is 0.664. The van der Waals surface area contributed by atoms with Crippen molar-refractivity contribution in [1.82, 2.24) is 5.32 Å². The Morgan fingerprint density at radius 3 is 3.00 bits per heavy atom. The van der Waals surface area contributed by atoms with Gasteiger partial charge < -0.3 is 20.7 Å². The molecule has 0 bridgehead atoms.